The van der Waals surface area contributed by atoms with Gasteiger partial charge in [-0.05, 0) is 41.5 Å². The van der Waals surface area contributed by atoms with E-state index >= 15 is 0 Å². The van der Waals surface area contributed by atoms with Crippen molar-refractivity contribution in [3.8, 4) is 0 Å². The predicted molar refractivity (Wildman–Crippen MR) is 72.5 cm³/mol. The van der Waals surface area contributed by atoms with Crippen molar-refractivity contribution >= 4 is 44.2 Å². The molecular formula is C10H11BrINO2. The van der Waals surface area contributed by atoms with E-state index in [1.807, 2.05) is 12.1 Å². The minimum absolute atomic E-state index is 0.222. The molecule has 0 bridgehead atoms. The molecule has 0 aromatic heterocycles. The third-order valence-corrected chi connectivity index (χ3v) is 3.77. The fourth-order valence-electron chi connectivity index (χ4n) is 1.26. The standard InChI is InChI=1S/C10H11BrINO2/c1-2-8(11)5-7-3-4-9(12)6-10(7)13(14)15/h3-4,6,8H,2,5H2,1H3. The minimum atomic E-state index is -0.313. The molecule has 3 nitrogen and oxygen atoms in total. The molecule has 1 atom stereocenters. The van der Waals surface area contributed by atoms with Crippen LogP contribution in [0.25, 0.3) is 0 Å². The molecule has 5 heteroatoms. The van der Waals surface area contributed by atoms with Gasteiger partial charge >= 0.3 is 0 Å². The van der Waals surface area contributed by atoms with E-state index in [1.54, 1.807) is 6.07 Å². The van der Waals surface area contributed by atoms with Crippen LogP contribution < -0.4 is 0 Å². The lowest BCUT2D eigenvalue weighted by Crippen LogP contribution is -2.04. The van der Waals surface area contributed by atoms with Gasteiger partial charge in [-0.3, -0.25) is 10.1 Å². The number of nitro benzene ring substituents is 1. The van der Waals surface area contributed by atoms with Gasteiger partial charge in [-0.15, -0.1) is 0 Å². The van der Waals surface area contributed by atoms with Crippen LogP contribution in [0.1, 0.15) is 18.9 Å². The molecular weight excluding hydrogens is 373 g/mol. The van der Waals surface area contributed by atoms with Crippen LogP contribution in [0.3, 0.4) is 0 Å². The van der Waals surface area contributed by atoms with Crippen molar-refractivity contribution in [3.05, 3.63) is 37.4 Å². The van der Waals surface area contributed by atoms with E-state index in [0.717, 1.165) is 15.6 Å². The summed E-state index contributed by atoms with van der Waals surface area (Å²) in [5.74, 6) is 0. The van der Waals surface area contributed by atoms with E-state index in [4.69, 9.17) is 0 Å². The second-order valence-corrected chi connectivity index (χ2v) is 5.78. The molecule has 0 heterocycles. The molecule has 0 fully saturated rings. The van der Waals surface area contributed by atoms with Crippen molar-refractivity contribution in [1.82, 2.24) is 0 Å². The van der Waals surface area contributed by atoms with Crippen LogP contribution in [-0.2, 0) is 6.42 Å². The molecule has 15 heavy (non-hydrogen) atoms. The second kappa shape index (κ2) is 5.79. The zero-order chi connectivity index (χ0) is 11.4. The molecule has 0 aliphatic carbocycles. The maximum absolute atomic E-state index is 10.8. The lowest BCUT2D eigenvalue weighted by Gasteiger charge is -2.07. The number of rotatable bonds is 4. The lowest BCUT2D eigenvalue weighted by molar-refractivity contribution is -0.385. The highest BCUT2D eigenvalue weighted by Crippen LogP contribution is 2.24. The van der Waals surface area contributed by atoms with E-state index in [2.05, 4.69) is 45.4 Å². The van der Waals surface area contributed by atoms with Gasteiger partial charge in [0, 0.05) is 20.0 Å². The van der Waals surface area contributed by atoms with Crippen LogP contribution >= 0.6 is 38.5 Å². The summed E-state index contributed by atoms with van der Waals surface area (Å²) in [4.78, 5) is 10.8. The van der Waals surface area contributed by atoms with Crippen LogP contribution in [0.5, 0.6) is 0 Å². The zero-order valence-electron chi connectivity index (χ0n) is 8.24. The summed E-state index contributed by atoms with van der Waals surface area (Å²) in [5, 5.41) is 10.8. The Morgan fingerprint density at radius 2 is 2.27 bits per heavy atom. The van der Waals surface area contributed by atoms with Gasteiger partial charge in [0.15, 0.2) is 0 Å². The van der Waals surface area contributed by atoms with Crippen LogP contribution in [0.2, 0.25) is 0 Å². The Kier molecular flexibility index (Phi) is 4.98. The Morgan fingerprint density at radius 3 is 2.80 bits per heavy atom. The second-order valence-electron chi connectivity index (χ2n) is 3.24. The van der Waals surface area contributed by atoms with E-state index in [-0.39, 0.29) is 10.6 Å². The molecule has 1 aromatic rings. The molecule has 0 radical (unpaired) electrons. The van der Waals surface area contributed by atoms with Crippen LogP contribution in [0, 0.1) is 13.7 Å². The number of benzene rings is 1. The Morgan fingerprint density at radius 1 is 1.60 bits per heavy atom. The number of alkyl halides is 1. The highest BCUT2D eigenvalue weighted by molar-refractivity contribution is 14.1. The fourth-order valence-corrected chi connectivity index (χ4v) is 2.09. The average Bonchev–Trinajstić information content (AvgIpc) is 2.20. The first-order valence-electron chi connectivity index (χ1n) is 4.61. The smallest absolute Gasteiger partial charge is 0.258 e. The number of hydrogen-bond donors (Lipinski definition) is 0. The molecule has 1 aromatic carbocycles. The summed E-state index contributed by atoms with van der Waals surface area (Å²) < 4.78 is 0.894. The molecule has 0 saturated carbocycles. The van der Waals surface area contributed by atoms with Gasteiger partial charge in [0.05, 0.1) is 4.92 Å². The maximum Gasteiger partial charge on any atom is 0.273 e. The van der Waals surface area contributed by atoms with E-state index in [9.17, 15) is 10.1 Å². The topological polar surface area (TPSA) is 43.1 Å². The lowest BCUT2D eigenvalue weighted by atomic mass is 10.1. The minimum Gasteiger partial charge on any atom is -0.258 e. The summed E-state index contributed by atoms with van der Waals surface area (Å²) in [6, 6.07) is 5.35. The maximum atomic E-state index is 10.8. The third kappa shape index (κ3) is 3.71. The number of hydrogen-bond acceptors (Lipinski definition) is 2. The molecule has 0 aliphatic heterocycles. The monoisotopic (exact) mass is 383 g/mol. The molecule has 82 valence electrons. The van der Waals surface area contributed by atoms with Crippen LogP contribution in [-0.4, -0.2) is 9.75 Å². The van der Waals surface area contributed by atoms with Crippen molar-refractivity contribution in [1.29, 1.82) is 0 Å². The Hall–Kier alpha value is -0.170. The van der Waals surface area contributed by atoms with Crippen molar-refractivity contribution in [2.75, 3.05) is 0 Å². The summed E-state index contributed by atoms with van der Waals surface area (Å²) >= 11 is 5.57. The van der Waals surface area contributed by atoms with Gasteiger partial charge in [-0.1, -0.05) is 28.9 Å². The van der Waals surface area contributed by atoms with Gasteiger partial charge in [0.25, 0.3) is 5.69 Å². The van der Waals surface area contributed by atoms with Gasteiger partial charge < -0.3 is 0 Å². The van der Waals surface area contributed by atoms with E-state index in [1.165, 1.54) is 0 Å². The summed E-state index contributed by atoms with van der Waals surface area (Å²) in [6.45, 7) is 2.05. The molecule has 0 saturated heterocycles. The number of halogens is 2. The Balaban J connectivity index is 3.01. The first-order chi connectivity index (χ1) is 7.04. The number of nitro groups is 1. The van der Waals surface area contributed by atoms with Gasteiger partial charge in [-0.25, -0.2) is 0 Å². The average molecular weight is 384 g/mol. The summed E-state index contributed by atoms with van der Waals surface area (Å²) in [5.41, 5.74) is 1.02. The van der Waals surface area contributed by atoms with Gasteiger partial charge in [0.2, 0.25) is 0 Å². The van der Waals surface area contributed by atoms with E-state index < -0.39 is 0 Å². The molecule has 0 spiro atoms. The van der Waals surface area contributed by atoms with Crippen LogP contribution in [0.15, 0.2) is 18.2 Å². The number of nitrogens with zero attached hydrogens (tertiary/aromatic N) is 1. The Bertz CT molecular complexity index is 370. The summed E-state index contributed by atoms with van der Waals surface area (Å²) in [7, 11) is 0. The van der Waals surface area contributed by atoms with Crippen molar-refractivity contribution in [2.24, 2.45) is 0 Å². The highest BCUT2D eigenvalue weighted by Gasteiger charge is 2.16. The largest absolute Gasteiger partial charge is 0.273 e. The van der Waals surface area contributed by atoms with Gasteiger partial charge in [0.1, 0.15) is 0 Å². The van der Waals surface area contributed by atoms with Crippen molar-refractivity contribution in [2.45, 2.75) is 24.6 Å². The zero-order valence-corrected chi connectivity index (χ0v) is 12.0. The quantitative estimate of drug-likeness (QED) is 0.342. The Labute approximate surface area is 111 Å². The molecule has 0 amide bonds. The highest BCUT2D eigenvalue weighted by atomic mass is 127. The first-order valence-corrected chi connectivity index (χ1v) is 6.61. The normalized spacial score (nSPS) is 12.5. The SMILES string of the molecule is CCC(Br)Cc1ccc(I)cc1[N+](=O)[O-]. The molecule has 1 rings (SSSR count). The fraction of sp³-hybridized carbons (Fsp3) is 0.400. The van der Waals surface area contributed by atoms with Crippen LogP contribution in [0.4, 0.5) is 5.69 Å². The summed E-state index contributed by atoms with van der Waals surface area (Å²) in [6.07, 6.45) is 1.66. The third-order valence-electron chi connectivity index (χ3n) is 2.13. The molecule has 0 aliphatic rings. The first kappa shape index (κ1) is 12.9. The molecule has 1 unspecified atom stereocenters. The predicted octanol–water partition coefficient (Wildman–Crippen LogP) is 3.92. The van der Waals surface area contributed by atoms with E-state index in [0.29, 0.717) is 11.2 Å². The van der Waals surface area contributed by atoms with Crippen molar-refractivity contribution in [3.63, 3.8) is 0 Å². The van der Waals surface area contributed by atoms with Gasteiger partial charge in [-0.2, -0.15) is 0 Å². The molecule has 0 N–H and O–H groups in total. The van der Waals surface area contributed by atoms with Crippen molar-refractivity contribution < 1.29 is 4.92 Å².